The summed E-state index contributed by atoms with van der Waals surface area (Å²) in [6.45, 7) is 5.66. The topological polar surface area (TPSA) is 216 Å². The Bertz CT molecular complexity index is 3090. The molecule has 0 bridgehead atoms. The Morgan fingerprint density at radius 1 is 0.682 bits per heavy atom. The minimum Gasteiger partial charge on any atom is -0.381 e. The number of aromatic amines is 4. The van der Waals surface area contributed by atoms with Gasteiger partial charge in [-0.3, -0.25) is 38.6 Å². The minimum atomic E-state index is -0.379. The zero-order valence-corrected chi connectivity index (χ0v) is 38.3. The lowest BCUT2D eigenvalue weighted by molar-refractivity contribution is 0.0629. The number of hydrogen-bond acceptors (Lipinski definition) is 11. The molecule has 9 rings (SSSR count). The van der Waals surface area contributed by atoms with Gasteiger partial charge >= 0.3 is 0 Å². The first-order valence-corrected chi connectivity index (χ1v) is 21.1. The molecule has 0 aliphatic carbocycles. The SMILES string of the molecule is CN(C)CCN1C(=O)c2cc3nc(-c4c(Cl)cc[nH]c4=O)[nH]c3cc2C1=O.Cc1ccc(F)cc1C[C@H](C)Nc1cc[nH]c(=O)c1-c1nc2cc3c(cc2[nH]1)C(=O)N(CCN(C)C)C3=O.Cl. The van der Waals surface area contributed by atoms with E-state index in [2.05, 4.69) is 35.2 Å². The van der Waals surface area contributed by atoms with Crippen LogP contribution in [-0.4, -0.2) is 134 Å². The summed E-state index contributed by atoms with van der Waals surface area (Å²) in [5, 5.41) is 3.61. The van der Waals surface area contributed by atoms with Crippen molar-refractivity contribution in [1.82, 2.24) is 49.5 Å². The molecule has 2 aliphatic heterocycles. The molecule has 4 amide bonds. The number of nitrogens with one attached hydrogen (secondary N) is 5. The molecule has 7 aromatic rings. The Balaban J connectivity index is 0.000000204. The van der Waals surface area contributed by atoms with Crippen LogP contribution in [-0.2, 0) is 6.42 Å². The van der Waals surface area contributed by atoms with Crippen molar-refractivity contribution < 1.29 is 23.6 Å². The summed E-state index contributed by atoms with van der Waals surface area (Å²) in [4.78, 5) is 103. The Kier molecular flexibility index (Phi) is 13.4. The third-order valence-corrected chi connectivity index (χ3v) is 11.6. The van der Waals surface area contributed by atoms with E-state index in [1.807, 2.05) is 51.8 Å². The van der Waals surface area contributed by atoms with Gasteiger partial charge in [-0.2, -0.15) is 0 Å². The van der Waals surface area contributed by atoms with Crippen molar-refractivity contribution in [2.45, 2.75) is 26.3 Å². The van der Waals surface area contributed by atoms with Crippen LogP contribution in [0.2, 0.25) is 5.02 Å². The molecule has 1 atom stereocenters. The van der Waals surface area contributed by atoms with Crippen LogP contribution in [0.4, 0.5) is 10.1 Å². The third kappa shape index (κ3) is 9.12. The van der Waals surface area contributed by atoms with E-state index in [4.69, 9.17) is 11.6 Å². The first-order valence-electron chi connectivity index (χ1n) is 20.7. The van der Waals surface area contributed by atoms with E-state index in [9.17, 15) is 33.2 Å². The number of imidazole rings is 2. The van der Waals surface area contributed by atoms with Crippen molar-refractivity contribution in [1.29, 1.82) is 0 Å². The van der Waals surface area contributed by atoms with Gasteiger partial charge in [0, 0.05) is 44.6 Å². The van der Waals surface area contributed by atoms with Crippen LogP contribution < -0.4 is 16.4 Å². The summed E-state index contributed by atoms with van der Waals surface area (Å²) >= 11 is 6.12. The lowest BCUT2D eigenvalue weighted by Crippen LogP contribution is -2.35. The number of H-pyrrole nitrogens is 4. The second-order valence-corrected chi connectivity index (χ2v) is 17.0. The lowest BCUT2D eigenvalue weighted by Gasteiger charge is -2.18. The van der Waals surface area contributed by atoms with Gasteiger partial charge in [-0.05, 0) is 108 Å². The number of halogens is 3. The number of aryl methyl sites for hydroxylation is 1. The molecule has 342 valence electrons. The smallest absolute Gasteiger partial charge is 0.261 e. The lowest BCUT2D eigenvalue weighted by atomic mass is 10.0. The average molecular weight is 939 g/mol. The molecule has 0 spiro atoms. The van der Waals surface area contributed by atoms with Crippen LogP contribution >= 0.6 is 24.0 Å². The van der Waals surface area contributed by atoms with Crippen molar-refractivity contribution in [3.05, 3.63) is 132 Å². The van der Waals surface area contributed by atoms with Crippen LogP contribution in [0.5, 0.6) is 0 Å². The summed E-state index contributed by atoms with van der Waals surface area (Å²) in [6.07, 6.45) is 3.55. The summed E-state index contributed by atoms with van der Waals surface area (Å²) in [5.74, 6) is -1.05. The average Bonchev–Trinajstić information content (AvgIpc) is 3.97. The number of carbonyl (C=O) groups excluding carboxylic acids is 4. The number of rotatable bonds is 12. The predicted molar refractivity (Wildman–Crippen MR) is 252 cm³/mol. The number of pyridine rings is 2. The van der Waals surface area contributed by atoms with Crippen LogP contribution in [0.25, 0.3) is 44.8 Å². The minimum absolute atomic E-state index is 0. The van der Waals surface area contributed by atoms with Crippen molar-refractivity contribution in [2.24, 2.45) is 0 Å². The van der Waals surface area contributed by atoms with Gasteiger partial charge in [0.1, 0.15) is 28.6 Å². The summed E-state index contributed by atoms with van der Waals surface area (Å²) in [7, 11) is 7.52. The molecule has 4 aromatic heterocycles. The molecule has 0 saturated carbocycles. The highest BCUT2D eigenvalue weighted by atomic mass is 35.5. The number of anilines is 1. The molecular weight excluding hydrogens is 892 g/mol. The highest BCUT2D eigenvalue weighted by Gasteiger charge is 2.37. The molecule has 0 radical (unpaired) electrons. The van der Waals surface area contributed by atoms with Crippen LogP contribution in [0, 0.1) is 12.7 Å². The molecule has 0 unspecified atom stereocenters. The van der Waals surface area contributed by atoms with Gasteiger partial charge in [-0.25, -0.2) is 14.4 Å². The molecule has 20 heteroatoms. The fourth-order valence-corrected chi connectivity index (χ4v) is 8.08. The summed E-state index contributed by atoms with van der Waals surface area (Å²) in [6, 6.07) is 14.3. The Labute approximate surface area is 387 Å². The maximum Gasteiger partial charge on any atom is 0.261 e. The zero-order valence-electron chi connectivity index (χ0n) is 36.8. The highest BCUT2D eigenvalue weighted by molar-refractivity contribution is 6.33. The largest absolute Gasteiger partial charge is 0.381 e. The van der Waals surface area contributed by atoms with Gasteiger partial charge in [0.25, 0.3) is 34.7 Å². The van der Waals surface area contributed by atoms with Gasteiger partial charge in [0.2, 0.25) is 0 Å². The molecular formula is C46H46Cl2FN11O6. The van der Waals surface area contributed by atoms with E-state index in [1.165, 1.54) is 28.1 Å². The number of benzene rings is 3. The van der Waals surface area contributed by atoms with Crippen molar-refractivity contribution in [2.75, 3.05) is 59.7 Å². The zero-order chi connectivity index (χ0) is 46.4. The number of amides is 4. The number of nitrogens with zero attached hydrogens (tertiary/aromatic N) is 6. The molecule has 0 saturated heterocycles. The van der Waals surface area contributed by atoms with E-state index in [0.717, 1.165) is 11.1 Å². The van der Waals surface area contributed by atoms with Gasteiger partial charge in [0.05, 0.1) is 55.0 Å². The van der Waals surface area contributed by atoms with Crippen molar-refractivity contribution in [3.63, 3.8) is 0 Å². The molecule has 0 fully saturated rings. The first-order chi connectivity index (χ1) is 31.0. The summed E-state index contributed by atoms with van der Waals surface area (Å²) in [5.41, 5.74) is 5.54. The predicted octanol–water partition coefficient (Wildman–Crippen LogP) is 5.72. The molecule has 66 heavy (non-hydrogen) atoms. The molecule has 17 nitrogen and oxygen atoms in total. The van der Waals surface area contributed by atoms with Crippen molar-refractivity contribution >= 4 is 75.4 Å². The van der Waals surface area contributed by atoms with Crippen LogP contribution in [0.1, 0.15) is 59.5 Å². The van der Waals surface area contributed by atoms with E-state index < -0.39 is 0 Å². The number of fused-ring (bicyclic) bond motifs is 4. The highest BCUT2D eigenvalue weighted by Crippen LogP contribution is 2.32. The number of carbonyl (C=O) groups is 4. The van der Waals surface area contributed by atoms with E-state index in [-0.39, 0.29) is 75.4 Å². The maximum absolute atomic E-state index is 13.8. The standard InChI is InChI=1S/C28H29FN6O3.C18H16ClN5O3.ClH/c1-15-5-6-18(29)12-17(15)11-16(2)31-21-7-8-30-26(36)24(21)25-32-22-13-19-20(14-23(22)33-25)28(38)35(27(19)37)10-9-34(3)4;1-23(2)5-6-24-17(26)9-7-12-13(8-10(9)18(24)27)22-15(21-12)14-11(19)3-4-20-16(14)25;/h5-8,12-14,16H,9-11H2,1-4H3,(H,32,33)(H2,30,31,36);3-4,7-8H,5-6H2,1-2H3,(H,20,25)(H,21,22);1H/t16-;;/m0../s1. The molecule has 5 N–H and O–H groups in total. The van der Waals surface area contributed by atoms with E-state index in [0.29, 0.717) is 94.0 Å². The van der Waals surface area contributed by atoms with Crippen LogP contribution in [0.3, 0.4) is 0 Å². The number of imide groups is 2. The fourth-order valence-electron chi connectivity index (χ4n) is 7.85. The second-order valence-electron chi connectivity index (χ2n) is 16.6. The first kappa shape index (κ1) is 47.0. The quantitative estimate of drug-likeness (QED) is 0.0935. The monoisotopic (exact) mass is 937 g/mol. The van der Waals surface area contributed by atoms with Gasteiger partial charge in [-0.1, -0.05) is 17.7 Å². The van der Waals surface area contributed by atoms with Crippen LogP contribution in [0.15, 0.2) is 76.6 Å². The fraction of sp³-hybridized carbons (Fsp3) is 0.261. The third-order valence-electron chi connectivity index (χ3n) is 11.3. The molecule has 3 aromatic carbocycles. The number of aromatic nitrogens is 6. The van der Waals surface area contributed by atoms with Gasteiger partial charge in [0.15, 0.2) is 0 Å². The number of hydrogen-bond donors (Lipinski definition) is 5. The number of likely N-dealkylation sites (N-methyl/N-ethyl adjacent to an activating group) is 2. The van der Waals surface area contributed by atoms with E-state index in [1.54, 1.807) is 48.7 Å². The van der Waals surface area contributed by atoms with Gasteiger partial charge in [-0.15, -0.1) is 12.4 Å². The van der Waals surface area contributed by atoms with E-state index >= 15 is 0 Å². The Morgan fingerprint density at radius 2 is 1.15 bits per heavy atom. The van der Waals surface area contributed by atoms with Crippen molar-refractivity contribution in [3.8, 4) is 22.8 Å². The maximum atomic E-state index is 13.8. The second kappa shape index (κ2) is 18.9. The Hall–Kier alpha value is -6.99. The summed E-state index contributed by atoms with van der Waals surface area (Å²) < 4.78 is 13.8. The van der Waals surface area contributed by atoms with Gasteiger partial charge < -0.3 is 35.1 Å². The molecule has 2 aliphatic rings. The Morgan fingerprint density at radius 3 is 1.65 bits per heavy atom. The normalized spacial score (nSPS) is 13.7. The molecule has 6 heterocycles.